The van der Waals surface area contributed by atoms with Gasteiger partial charge in [0, 0.05) is 28.8 Å². The third kappa shape index (κ3) is 5.80. The highest BCUT2D eigenvalue weighted by atomic mass is 32.1. The summed E-state index contributed by atoms with van der Waals surface area (Å²) in [6.45, 7) is 4.64. The zero-order chi connectivity index (χ0) is 16.7. The average molecular weight is 351 g/mol. The smallest absolute Gasteiger partial charge is 0.252 e. The molecule has 0 bridgehead atoms. The number of thiophene rings is 2. The van der Waals surface area contributed by atoms with E-state index < -0.39 is 0 Å². The maximum Gasteiger partial charge on any atom is 0.252 e. The van der Waals surface area contributed by atoms with E-state index in [9.17, 15) is 9.59 Å². The number of carbonyl (C=O) groups excluding carboxylic acids is 2. The van der Waals surface area contributed by atoms with Crippen LogP contribution in [0, 0.1) is 5.92 Å². The van der Waals surface area contributed by atoms with Gasteiger partial charge < -0.3 is 10.6 Å². The normalized spacial score (nSPS) is 12.1. The zero-order valence-electron chi connectivity index (χ0n) is 13.4. The van der Waals surface area contributed by atoms with Gasteiger partial charge in [0.05, 0.1) is 6.04 Å². The minimum absolute atomic E-state index is 0.0327. The van der Waals surface area contributed by atoms with Crippen LogP contribution < -0.4 is 10.6 Å². The van der Waals surface area contributed by atoms with Crippen molar-refractivity contribution >= 4 is 34.5 Å². The molecule has 0 aromatic carbocycles. The fourth-order valence-electron chi connectivity index (χ4n) is 2.26. The van der Waals surface area contributed by atoms with Crippen molar-refractivity contribution in [2.75, 3.05) is 6.54 Å². The summed E-state index contributed by atoms with van der Waals surface area (Å²) in [7, 11) is 0. The summed E-state index contributed by atoms with van der Waals surface area (Å²) < 4.78 is 0. The van der Waals surface area contributed by atoms with Crippen LogP contribution in [0.4, 0.5) is 0 Å². The number of nitrogens with one attached hydrogen (secondary N) is 2. The monoisotopic (exact) mass is 350 g/mol. The molecule has 0 saturated heterocycles. The van der Waals surface area contributed by atoms with Gasteiger partial charge in [-0.2, -0.15) is 11.3 Å². The number of amides is 2. The summed E-state index contributed by atoms with van der Waals surface area (Å²) in [5.74, 6) is 0.339. The van der Waals surface area contributed by atoms with Gasteiger partial charge >= 0.3 is 0 Å². The number of hydrogen-bond acceptors (Lipinski definition) is 4. The van der Waals surface area contributed by atoms with Crippen molar-refractivity contribution in [2.24, 2.45) is 5.92 Å². The Bertz CT molecular complexity index is 607. The molecule has 1 unspecified atom stereocenters. The third-order valence-corrected chi connectivity index (χ3v) is 5.02. The molecule has 0 saturated carbocycles. The summed E-state index contributed by atoms with van der Waals surface area (Å²) in [5, 5.41) is 11.5. The lowest BCUT2D eigenvalue weighted by Crippen LogP contribution is -2.33. The maximum atomic E-state index is 12.1. The molecule has 6 heteroatoms. The molecule has 2 amide bonds. The Labute approximate surface area is 144 Å². The lowest BCUT2D eigenvalue weighted by molar-refractivity contribution is -0.121. The predicted octanol–water partition coefficient (Wildman–Crippen LogP) is 3.83. The Morgan fingerprint density at radius 3 is 2.65 bits per heavy atom. The van der Waals surface area contributed by atoms with Crippen molar-refractivity contribution < 1.29 is 9.59 Å². The Hall–Kier alpha value is -1.66. The average Bonchev–Trinajstić information content (AvgIpc) is 3.19. The van der Waals surface area contributed by atoms with Crippen LogP contribution in [0.25, 0.3) is 0 Å². The van der Waals surface area contributed by atoms with Crippen LogP contribution in [0.3, 0.4) is 0 Å². The summed E-state index contributed by atoms with van der Waals surface area (Å²) in [4.78, 5) is 25.1. The molecular weight excluding hydrogens is 328 g/mol. The standard InChI is InChI=1S/C17H22N2O2S2/c1-12(2)10-14(15-4-3-8-23-15)19-16(20)5-7-18-17(21)13-6-9-22-11-13/h3-4,6,8-9,11-12,14H,5,7,10H2,1-2H3,(H,18,21)(H,19,20). The van der Waals surface area contributed by atoms with E-state index in [0.717, 1.165) is 6.42 Å². The second-order valence-electron chi connectivity index (χ2n) is 5.78. The minimum atomic E-state index is -0.129. The molecule has 2 rings (SSSR count). The van der Waals surface area contributed by atoms with E-state index in [1.807, 2.05) is 16.8 Å². The van der Waals surface area contributed by atoms with Crippen molar-refractivity contribution in [3.8, 4) is 0 Å². The van der Waals surface area contributed by atoms with Gasteiger partial charge in [0.25, 0.3) is 5.91 Å². The Morgan fingerprint density at radius 1 is 1.22 bits per heavy atom. The first-order valence-electron chi connectivity index (χ1n) is 7.69. The molecule has 0 fully saturated rings. The van der Waals surface area contributed by atoms with Crippen molar-refractivity contribution in [1.82, 2.24) is 10.6 Å². The number of hydrogen-bond donors (Lipinski definition) is 2. The fraction of sp³-hybridized carbons (Fsp3) is 0.412. The first-order chi connectivity index (χ1) is 11.1. The second-order valence-corrected chi connectivity index (χ2v) is 7.54. The number of rotatable bonds is 8. The highest BCUT2D eigenvalue weighted by Gasteiger charge is 2.17. The Kier molecular flexibility index (Phi) is 6.80. The molecule has 0 aliphatic carbocycles. The number of carbonyl (C=O) groups is 2. The molecule has 124 valence electrons. The largest absolute Gasteiger partial charge is 0.351 e. The Morgan fingerprint density at radius 2 is 2.04 bits per heavy atom. The van der Waals surface area contributed by atoms with Gasteiger partial charge in [0.15, 0.2) is 0 Å². The highest BCUT2D eigenvalue weighted by molar-refractivity contribution is 7.10. The van der Waals surface area contributed by atoms with E-state index in [4.69, 9.17) is 0 Å². The topological polar surface area (TPSA) is 58.2 Å². The van der Waals surface area contributed by atoms with Crippen LogP contribution in [0.2, 0.25) is 0 Å². The van der Waals surface area contributed by atoms with Gasteiger partial charge in [-0.05, 0) is 35.2 Å². The van der Waals surface area contributed by atoms with Gasteiger partial charge in [-0.3, -0.25) is 9.59 Å². The van der Waals surface area contributed by atoms with Gasteiger partial charge in [0.2, 0.25) is 5.91 Å². The van der Waals surface area contributed by atoms with Crippen molar-refractivity contribution in [2.45, 2.75) is 32.7 Å². The van der Waals surface area contributed by atoms with Crippen LogP contribution in [-0.2, 0) is 4.79 Å². The minimum Gasteiger partial charge on any atom is -0.351 e. The van der Waals surface area contributed by atoms with Crippen LogP contribution in [-0.4, -0.2) is 18.4 Å². The predicted molar refractivity (Wildman–Crippen MR) is 95.9 cm³/mol. The molecule has 2 heterocycles. The van der Waals surface area contributed by atoms with E-state index >= 15 is 0 Å². The van der Waals surface area contributed by atoms with Gasteiger partial charge in [-0.25, -0.2) is 0 Å². The van der Waals surface area contributed by atoms with Crippen molar-refractivity contribution in [3.05, 3.63) is 44.8 Å². The first kappa shape index (κ1) is 17.7. The summed E-state index contributed by atoms with van der Waals surface area (Å²) in [6, 6.07) is 5.88. The molecule has 0 radical (unpaired) electrons. The van der Waals surface area contributed by atoms with E-state index in [0.29, 0.717) is 18.0 Å². The Balaban J connectivity index is 1.79. The highest BCUT2D eigenvalue weighted by Crippen LogP contribution is 2.25. The second kappa shape index (κ2) is 8.84. The van der Waals surface area contributed by atoms with Crippen LogP contribution in [0.5, 0.6) is 0 Å². The lowest BCUT2D eigenvalue weighted by Gasteiger charge is -2.19. The molecule has 2 aromatic rings. The van der Waals surface area contributed by atoms with Crippen molar-refractivity contribution in [3.63, 3.8) is 0 Å². The first-order valence-corrected chi connectivity index (χ1v) is 9.51. The van der Waals surface area contributed by atoms with E-state index in [1.54, 1.807) is 22.8 Å². The van der Waals surface area contributed by atoms with Gasteiger partial charge in [-0.1, -0.05) is 19.9 Å². The van der Waals surface area contributed by atoms with E-state index in [-0.39, 0.29) is 24.3 Å². The summed E-state index contributed by atoms with van der Waals surface area (Å²) >= 11 is 3.14. The summed E-state index contributed by atoms with van der Waals surface area (Å²) in [5.41, 5.74) is 0.645. The zero-order valence-corrected chi connectivity index (χ0v) is 15.0. The van der Waals surface area contributed by atoms with Crippen LogP contribution in [0.15, 0.2) is 34.3 Å². The van der Waals surface area contributed by atoms with E-state index in [2.05, 4.69) is 30.5 Å². The molecule has 4 nitrogen and oxygen atoms in total. The van der Waals surface area contributed by atoms with Crippen molar-refractivity contribution in [1.29, 1.82) is 0 Å². The molecular formula is C17H22N2O2S2. The molecule has 23 heavy (non-hydrogen) atoms. The lowest BCUT2D eigenvalue weighted by atomic mass is 10.0. The molecule has 1 atom stereocenters. The summed E-state index contributed by atoms with van der Waals surface area (Å²) in [6.07, 6.45) is 1.20. The molecule has 0 aliphatic heterocycles. The molecule has 2 N–H and O–H groups in total. The third-order valence-electron chi connectivity index (χ3n) is 3.35. The molecule has 2 aromatic heterocycles. The maximum absolute atomic E-state index is 12.1. The molecule has 0 spiro atoms. The van der Waals surface area contributed by atoms with Gasteiger partial charge in [0.1, 0.15) is 0 Å². The quantitative estimate of drug-likeness (QED) is 0.760. The van der Waals surface area contributed by atoms with Crippen LogP contribution in [0.1, 0.15) is 48.0 Å². The SMILES string of the molecule is CC(C)CC(NC(=O)CCNC(=O)c1ccsc1)c1cccs1. The van der Waals surface area contributed by atoms with Gasteiger partial charge in [-0.15, -0.1) is 11.3 Å². The van der Waals surface area contributed by atoms with E-state index in [1.165, 1.54) is 16.2 Å². The van der Waals surface area contributed by atoms with Crippen LogP contribution >= 0.6 is 22.7 Å². The molecule has 0 aliphatic rings. The fourth-order valence-corrected chi connectivity index (χ4v) is 3.69.